The highest BCUT2D eigenvalue weighted by Crippen LogP contribution is 2.41. The SMILES string of the molecule is O=C1CC(NC(=O)NC2CCCC2)(C(Cc2ccccc2)N2CCCCC2)C(c2ccc(F)c(F)c2)CN1. The van der Waals surface area contributed by atoms with Crippen molar-refractivity contribution >= 4 is 11.9 Å². The molecule has 2 saturated heterocycles. The lowest BCUT2D eigenvalue weighted by Crippen LogP contribution is -2.72. The molecule has 0 spiro atoms. The van der Waals surface area contributed by atoms with Crippen LogP contribution < -0.4 is 16.0 Å². The van der Waals surface area contributed by atoms with E-state index in [1.807, 2.05) is 18.2 Å². The van der Waals surface area contributed by atoms with E-state index in [2.05, 4.69) is 33.0 Å². The Kier molecular flexibility index (Phi) is 8.27. The monoisotopic (exact) mass is 524 g/mol. The second kappa shape index (κ2) is 11.8. The highest BCUT2D eigenvalue weighted by molar-refractivity contribution is 5.82. The van der Waals surface area contributed by atoms with Gasteiger partial charge in [-0.15, -0.1) is 0 Å². The number of piperidine rings is 2. The molecule has 3 unspecified atom stereocenters. The molecule has 2 aromatic rings. The topological polar surface area (TPSA) is 73.5 Å². The predicted molar refractivity (Wildman–Crippen MR) is 143 cm³/mol. The minimum absolute atomic E-state index is 0.0583. The van der Waals surface area contributed by atoms with Crippen LogP contribution in [-0.4, -0.2) is 54.1 Å². The van der Waals surface area contributed by atoms with Gasteiger partial charge in [0, 0.05) is 24.5 Å². The summed E-state index contributed by atoms with van der Waals surface area (Å²) >= 11 is 0. The molecule has 0 radical (unpaired) electrons. The fourth-order valence-corrected chi connectivity index (χ4v) is 6.77. The van der Waals surface area contributed by atoms with Gasteiger partial charge in [0.15, 0.2) is 11.6 Å². The first-order chi connectivity index (χ1) is 18.4. The highest BCUT2D eigenvalue weighted by Gasteiger charge is 2.53. The molecule has 38 heavy (non-hydrogen) atoms. The average molecular weight is 525 g/mol. The molecule has 8 heteroatoms. The Morgan fingerprint density at radius 2 is 1.74 bits per heavy atom. The molecule has 3 N–H and O–H groups in total. The largest absolute Gasteiger partial charge is 0.355 e. The summed E-state index contributed by atoms with van der Waals surface area (Å²) in [5.74, 6) is -2.44. The fraction of sp³-hybridized carbons (Fsp3) is 0.533. The molecule has 0 aromatic heterocycles. The van der Waals surface area contributed by atoms with Crippen LogP contribution in [0, 0.1) is 11.6 Å². The molecule has 0 bridgehead atoms. The number of benzene rings is 2. The van der Waals surface area contributed by atoms with Crippen molar-refractivity contribution < 1.29 is 18.4 Å². The molecule has 3 amide bonds. The zero-order valence-electron chi connectivity index (χ0n) is 21.9. The van der Waals surface area contributed by atoms with E-state index in [-0.39, 0.29) is 37.0 Å². The van der Waals surface area contributed by atoms with Gasteiger partial charge < -0.3 is 16.0 Å². The molecule has 2 aromatic carbocycles. The van der Waals surface area contributed by atoms with E-state index < -0.39 is 23.1 Å². The molecule has 204 valence electrons. The number of amides is 3. The number of likely N-dealkylation sites (tertiary alicyclic amines) is 1. The molecule has 1 saturated carbocycles. The number of hydrogen-bond acceptors (Lipinski definition) is 3. The zero-order chi connectivity index (χ0) is 26.5. The Morgan fingerprint density at radius 1 is 1.00 bits per heavy atom. The molecule has 3 atom stereocenters. The second-order valence-corrected chi connectivity index (χ2v) is 11.1. The Morgan fingerprint density at radius 3 is 2.45 bits per heavy atom. The summed E-state index contributed by atoms with van der Waals surface area (Å²) in [7, 11) is 0. The van der Waals surface area contributed by atoms with Crippen LogP contribution in [0.15, 0.2) is 48.5 Å². The number of nitrogens with one attached hydrogen (secondary N) is 3. The van der Waals surface area contributed by atoms with E-state index in [0.29, 0.717) is 12.0 Å². The third kappa shape index (κ3) is 5.85. The Labute approximate surface area is 223 Å². The molecular formula is C30H38F2N4O2. The highest BCUT2D eigenvalue weighted by atomic mass is 19.2. The minimum atomic E-state index is -1.03. The first-order valence-corrected chi connectivity index (χ1v) is 14.0. The van der Waals surface area contributed by atoms with Crippen molar-refractivity contribution in [2.75, 3.05) is 19.6 Å². The van der Waals surface area contributed by atoms with E-state index in [1.165, 1.54) is 6.07 Å². The predicted octanol–water partition coefficient (Wildman–Crippen LogP) is 4.65. The van der Waals surface area contributed by atoms with Crippen LogP contribution in [0.1, 0.15) is 68.4 Å². The van der Waals surface area contributed by atoms with Crippen molar-refractivity contribution in [1.82, 2.24) is 20.9 Å². The molecular weight excluding hydrogens is 486 g/mol. The molecule has 2 aliphatic heterocycles. The van der Waals surface area contributed by atoms with Crippen molar-refractivity contribution in [3.05, 3.63) is 71.3 Å². The van der Waals surface area contributed by atoms with Crippen molar-refractivity contribution in [1.29, 1.82) is 0 Å². The third-order valence-corrected chi connectivity index (χ3v) is 8.66. The van der Waals surface area contributed by atoms with Gasteiger partial charge in [0.25, 0.3) is 0 Å². The summed E-state index contributed by atoms with van der Waals surface area (Å²) in [6.45, 7) is 1.95. The second-order valence-electron chi connectivity index (χ2n) is 11.1. The minimum Gasteiger partial charge on any atom is -0.355 e. The van der Waals surface area contributed by atoms with Gasteiger partial charge in [-0.2, -0.15) is 0 Å². The Balaban J connectivity index is 1.60. The van der Waals surface area contributed by atoms with Crippen LogP contribution >= 0.6 is 0 Å². The zero-order valence-corrected chi connectivity index (χ0v) is 21.9. The summed E-state index contributed by atoms with van der Waals surface area (Å²) in [5.41, 5.74) is 0.651. The maximum atomic E-state index is 14.5. The molecule has 1 aliphatic carbocycles. The van der Waals surface area contributed by atoms with Crippen LogP contribution in [0.2, 0.25) is 0 Å². The van der Waals surface area contributed by atoms with E-state index in [1.54, 1.807) is 6.07 Å². The lowest BCUT2D eigenvalue weighted by molar-refractivity contribution is -0.126. The summed E-state index contributed by atoms with van der Waals surface area (Å²) < 4.78 is 28.5. The van der Waals surface area contributed by atoms with Crippen molar-refractivity contribution in [2.24, 2.45) is 0 Å². The van der Waals surface area contributed by atoms with Crippen LogP contribution in [0.5, 0.6) is 0 Å². The summed E-state index contributed by atoms with van der Waals surface area (Å²) in [4.78, 5) is 29.1. The van der Waals surface area contributed by atoms with E-state index >= 15 is 0 Å². The van der Waals surface area contributed by atoms with Gasteiger partial charge in [0.1, 0.15) is 0 Å². The Hall–Kier alpha value is -3.00. The van der Waals surface area contributed by atoms with Gasteiger partial charge in [0.05, 0.1) is 12.0 Å². The maximum absolute atomic E-state index is 14.5. The summed E-state index contributed by atoms with van der Waals surface area (Å²) in [6, 6.07) is 13.6. The van der Waals surface area contributed by atoms with Gasteiger partial charge in [-0.1, -0.05) is 55.7 Å². The van der Waals surface area contributed by atoms with Gasteiger partial charge in [-0.3, -0.25) is 9.69 Å². The van der Waals surface area contributed by atoms with Gasteiger partial charge in [0.2, 0.25) is 5.91 Å². The number of hydrogen-bond donors (Lipinski definition) is 3. The quantitative estimate of drug-likeness (QED) is 0.494. The normalized spacial score (nSPS) is 25.5. The van der Waals surface area contributed by atoms with Crippen molar-refractivity contribution in [3.8, 4) is 0 Å². The first kappa shape index (κ1) is 26.6. The van der Waals surface area contributed by atoms with Crippen molar-refractivity contribution in [3.63, 3.8) is 0 Å². The number of carbonyl (C=O) groups excluding carboxylic acids is 2. The standard InChI is InChI=1S/C30H38F2N4O2/c31-25-14-13-22(18-26(25)32)24-20-33-28(37)19-30(24,35-29(38)34-23-11-5-6-12-23)27(36-15-7-2-8-16-36)17-21-9-3-1-4-10-21/h1,3-4,9-10,13-14,18,23-24,27H,2,5-8,11-12,15-17,19-20H2,(H,33,37)(H2,34,35,38). The van der Waals surface area contributed by atoms with Gasteiger partial charge >= 0.3 is 6.03 Å². The molecule has 6 nitrogen and oxygen atoms in total. The molecule has 3 aliphatic rings. The number of carbonyl (C=O) groups is 2. The molecule has 5 rings (SSSR count). The van der Waals surface area contributed by atoms with Crippen LogP contribution in [0.3, 0.4) is 0 Å². The van der Waals surface area contributed by atoms with Crippen LogP contribution in [-0.2, 0) is 11.2 Å². The molecule has 3 fully saturated rings. The maximum Gasteiger partial charge on any atom is 0.315 e. The first-order valence-electron chi connectivity index (χ1n) is 14.0. The van der Waals surface area contributed by atoms with E-state index in [4.69, 9.17) is 0 Å². The molecule has 2 heterocycles. The third-order valence-electron chi connectivity index (χ3n) is 8.66. The lowest BCUT2D eigenvalue weighted by Gasteiger charge is -2.53. The number of halogens is 2. The lowest BCUT2D eigenvalue weighted by atomic mass is 9.67. The summed E-state index contributed by atoms with van der Waals surface area (Å²) in [6.07, 6.45) is 7.95. The number of nitrogens with zero attached hydrogens (tertiary/aromatic N) is 1. The van der Waals surface area contributed by atoms with E-state index in [9.17, 15) is 18.4 Å². The van der Waals surface area contributed by atoms with E-state index in [0.717, 1.165) is 69.7 Å². The smallest absolute Gasteiger partial charge is 0.315 e. The van der Waals surface area contributed by atoms with Gasteiger partial charge in [-0.25, -0.2) is 13.6 Å². The number of urea groups is 1. The summed E-state index contributed by atoms with van der Waals surface area (Å²) in [5, 5.41) is 9.41. The number of rotatable bonds is 7. The Bertz CT molecular complexity index is 1120. The van der Waals surface area contributed by atoms with Crippen LogP contribution in [0.25, 0.3) is 0 Å². The van der Waals surface area contributed by atoms with Crippen molar-refractivity contribution in [2.45, 2.75) is 81.3 Å². The van der Waals surface area contributed by atoms with Gasteiger partial charge in [-0.05, 0) is 68.5 Å². The van der Waals surface area contributed by atoms with Crippen LogP contribution in [0.4, 0.5) is 13.6 Å². The fourth-order valence-electron chi connectivity index (χ4n) is 6.77. The average Bonchev–Trinajstić information content (AvgIpc) is 3.43.